The highest BCUT2D eigenvalue weighted by Crippen LogP contribution is 2.62. The zero-order valence-electron chi connectivity index (χ0n) is 27.1. The van der Waals surface area contributed by atoms with Gasteiger partial charge in [0.05, 0.1) is 16.8 Å². The van der Waals surface area contributed by atoms with Gasteiger partial charge in [-0.3, -0.25) is 0 Å². The van der Waals surface area contributed by atoms with Crippen LogP contribution in [-0.4, -0.2) is 9.97 Å². The monoisotopic (exact) mass is 654 g/mol. The summed E-state index contributed by atoms with van der Waals surface area (Å²) >= 11 is 1.88. The number of fused-ring (bicyclic) bond motifs is 9. The summed E-state index contributed by atoms with van der Waals surface area (Å²) in [5.41, 5.74) is 14.8. The third kappa shape index (κ3) is 4.37. The predicted octanol–water partition coefficient (Wildman–Crippen LogP) is 12.0. The Bertz CT molecular complexity index is 2470. The van der Waals surface area contributed by atoms with Gasteiger partial charge in [-0.05, 0) is 68.8 Å². The van der Waals surface area contributed by atoms with Gasteiger partial charge in [0.25, 0.3) is 0 Å². The van der Waals surface area contributed by atoms with Gasteiger partial charge in [-0.2, -0.15) is 0 Å². The molecule has 0 bridgehead atoms. The molecule has 10 rings (SSSR count). The molecule has 1 aromatic heterocycles. The molecule has 0 unspecified atom stereocenters. The molecule has 0 saturated heterocycles. The normalized spacial score (nSPS) is 13.3. The number of hydrogen-bond acceptors (Lipinski definition) is 3. The topological polar surface area (TPSA) is 25.8 Å². The van der Waals surface area contributed by atoms with E-state index in [0.717, 1.165) is 33.6 Å². The van der Waals surface area contributed by atoms with E-state index >= 15 is 0 Å². The molecule has 234 valence electrons. The molecule has 8 aromatic rings. The average Bonchev–Trinajstić information content (AvgIpc) is 3.49. The molecule has 0 amide bonds. The fraction of sp³-hybridized carbons (Fsp3) is 0.0213. The Labute approximate surface area is 296 Å². The minimum atomic E-state index is -0.425. The Kier molecular flexibility index (Phi) is 6.68. The van der Waals surface area contributed by atoms with Gasteiger partial charge >= 0.3 is 0 Å². The third-order valence-electron chi connectivity index (χ3n) is 10.2. The Morgan fingerprint density at radius 1 is 0.340 bits per heavy atom. The second-order valence-electron chi connectivity index (χ2n) is 12.9. The fourth-order valence-electron chi connectivity index (χ4n) is 8.04. The number of hydrogen-bond donors (Lipinski definition) is 0. The first-order chi connectivity index (χ1) is 24.8. The minimum absolute atomic E-state index is 0.425. The highest BCUT2D eigenvalue weighted by Gasteiger charge is 2.50. The summed E-state index contributed by atoms with van der Waals surface area (Å²) < 4.78 is 0. The first kappa shape index (κ1) is 28.9. The van der Waals surface area contributed by atoms with Crippen LogP contribution in [0.4, 0.5) is 0 Å². The second kappa shape index (κ2) is 11.5. The lowest BCUT2D eigenvalue weighted by Gasteiger charge is -2.40. The van der Waals surface area contributed by atoms with Crippen molar-refractivity contribution in [2.45, 2.75) is 15.2 Å². The maximum absolute atomic E-state index is 5.22. The number of benzene rings is 7. The van der Waals surface area contributed by atoms with E-state index in [9.17, 15) is 0 Å². The van der Waals surface area contributed by atoms with E-state index in [2.05, 4.69) is 158 Å². The van der Waals surface area contributed by atoms with E-state index in [1.165, 1.54) is 48.7 Å². The molecule has 2 heterocycles. The highest BCUT2D eigenvalue weighted by atomic mass is 32.2. The van der Waals surface area contributed by atoms with Crippen LogP contribution in [-0.2, 0) is 5.41 Å². The van der Waals surface area contributed by atoms with Gasteiger partial charge in [-0.1, -0.05) is 169 Å². The molecular weight excluding hydrogens is 625 g/mol. The van der Waals surface area contributed by atoms with Gasteiger partial charge < -0.3 is 0 Å². The summed E-state index contributed by atoms with van der Waals surface area (Å²) in [4.78, 5) is 12.9. The van der Waals surface area contributed by atoms with Crippen LogP contribution in [0, 0.1) is 0 Å². The Hall–Kier alpha value is -6.03. The Morgan fingerprint density at radius 2 is 0.860 bits per heavy atom. The lowest BCUT2D eigenvalue weighted by molar-refractivity contribution is 0.723. The molecule has 50 heavy (non-hydrogen) atoms. The van der Waals surface area contributed by atoms with Crippen molar-refractivity contribution < 1.29 is 0 Å². The summed E-state index contributed by atoms with van der Waals surface area (Å²) in [5, 5.41) is 0. The summed E-state index contributed by atoms with van der Waals surface area (Å²) in [6.07, 6.45) is 0. The highest BCUT2D eigenvalue weighted by molar-refractivity contribution is 7.99. The van der Waals surface area contributed by atoms with Gasteiger partial charge in [0.2, 0.25) is 0 Å². The van der Waals surface area contributed by atoms with E-state index in [1.54, 1.807) is 0 Å². The lowest BCUT2D eigenvalue weighted by Crippen LogP contribution is -2.32. The van der Waals surface area contributed by atoms with Crippen LogP contribution < -0.4 is 0 Å². The molecule has 1 aliphatic carbocycles. The second-order valence-corrected chi connectivity index (χ2v) is 14.0. The van der Waals surface area contributed by atoms with Crippen LogP contribution in [0.1, 0.15) is 22.3 Å². The largest absolute Gasteiger partial charge is 0.228 e. The number of aromatic nitrogens is 2. The summed E-state index contributed by atoms with van der Waals surface area (Å²) in [7, 11) is 0. The van der Waals surface area contributed by atoms with E-state index in [4.69, 9.17) is 9.97 Å². The quantitative estimate of drug-likeness (QED) is 0.189. The lowest BCUT2D eigenvalue weighted by atomic mass is 9.67. The van der Waals surface area contributed by atoms with Crippen molar-refractivity contribution in [1.82, 2.24) is 9.97 Å². The van der Waals surface area contributed by atoms with Crippen molar-refractivity contribution in [3.8, 4) is 56.2 Å². The van der Waals surface area contributed by atoms with Gasteiger partial charge in [0, 0.05) is 26.5 Å². The molecule has 0 radical (unpaired) electrons. The first-order valence-corrected chi connectivity index (χ1v) is 17.8. The summed E-state index contributed by atoms with van der Waals surface area (Å²) in [6.45, 7) is 0. The maximum Gasteiger partial charge on any atom is 0.160 e. The number of nitrogens with zero attached hydrogens (tertiary/aromatic N) is 2. The van der Waals surface area contributed by atoms with Gasteiger partial charge in [0.15, 0.2) is 5.82 Å². The zero-order chi connectivity index (χ0) is 33.1. The summed E-state index contributed by atoms with van der Waals surface area (Å²) in [6, 6.07) is 65.5. The van der Waals surface area contributed by atoms with Crippen LogP contribution >= 0.6 is 11.8 Å². The van der Waals surface area contributed by atoms with Crippen LogP contribution in [0.3, 0.4) is 0 Å². The summed E-state index contributed by atoms with van der Waals surface area (Å²) in [5.74, 6) is 0.716. The van der Waals surface area contributed by atoms with Crippen molar-refractivity contribution >= 4 is 11.8 Å². The maximum atomic E-state index is 5.22. The van der Waals surface area contributed by atoms with Crippen LogP contribution in [0.5, 0.6) is 0 Å². The van der Waals surface area contributed by atoms with Gasteiger partial charge in [-0.25, -0.2) is 9.97 Å². The average molecular weight is 655 g/mol. The fourth-order valence-corrected chi connectivity index (χ4v) is 9.21. The molecule has 7 aromatic carbocycles. The molecule has 0 atom stereocenters. The standard InChI is InChI=1S/C47H30N2S/c1-3-15-31(16-4-1)42-30-43(49-46(48-42)32-17-5-2-6-18-32)37-22-8-7-19-34(37)33-27-28-45-41(29-33)47(40-25-13-14-26-44(40)50-45)38-23-11-9-20-35(38)36-21-10-12-24-39(36)47/h1-30H. The minimum Gasteiger partial charge on any atom is -0.228 e. The van der Waals surface area contributed by atoms with E-state index in [1.807, 2.05) is 36.0 Å². The van der Waals surface area contributed by atoms with Gasteiger partial charge in [0.1, 0.15) is 0 Å². The van der Waals surface area contributed by atoms with Crippen LogP contribution in [0.25, 0.3) is 56.2 Å². The Balaban J connectivity index is 1.21. The van der Waals surface area contributed by atoms with Gasteiger partial charge in [-0.15, -0.1) is 0 Å². The molecule has 2 aliphatic rings. The zero-order valence-corrected chi connectivity index (χ0v) is 27.9. The molecule has 1 spiro atoms. The van der Waals surface area contributed by atoms with Crippen molar-refractivity contribution in [3.63, 3.8) is 0 Å². The van der Waals surface area contributed by atoms with E-state index < -0.39 is 5.41 Å². The predicted molar refractivity (Wildman–Crippen MR) is 205 cm³/mol. The van der Waals surface area contributed by atoms with E-state index in [-0.39, 0.29) is 0 Å². The third-order valence-corrected chi connectivity index (χ3v) is 11.3. The molecule has 1 aliphatic heterocycles. The number of rotatable bonds is 4. The van der Waals surface area contributed by atoms with Crippen LogP contribution in [0.15, 0.2) is 192 Å². The molecular formula is C47H30N2S. The van der Waals surface area contributed by atoms with Crippen molar-refractivity contribution in [3.05, 3.63) is 204 Å². The molecule has 0 saturated carbocycles. The van der Waals surface area contributed by atoms with Crippen molar-refractivity contribution in [1.29, 1.82) is 0 Å². The molecule has 0 fully saturated rings. The van der Waals surface area contributed by atoms with Crippen LogP contribution in [0.2, 0.25) is 0 Å². The SMILES string of the molecule is c1ccc(-c2cc(-c3ccccc3-c3ccc4c(c3)C3(c5ccccc5S4)c4ccccc4-c4ccccc43)nc(-c3ccccc3)n2)cc1. The molecule has 2 nitrogen and oxygen atoms in total. The smallest absolute Gasteiger partial charge is 0.160 e. The van der Waals surface area contributed by atoms with Crippen molar-refractivity contribution in [2.75, 3.05) is 0 Å². The molecule has 0 N–H and O–H groups in total. The Morgan fingerprint density at radius 3 is 1.56 bits per heavy atom. The molecule has 3 heteroatoms. The van der Waals surface area contributed by atoms with E-state index in [0.29, 0.717) is 5.82 Å². The first-order valence-electron chi connectivity index (χ1n) is 17.0. The van der Waals surface area contributed by atoms with Crippen molar-refractivity contribution in [2.24, 2.45) is 0 Å².